The van der Waals surface area contributed by atoms with Crippen LogP contribution in [0.5, 0.6) is 5.75 Å². The van der Waals surface area contributed by atoms with Gasteiger partial charge >= 0.3 is 11.9 Å². The monoisotopic (exact) mass is 582 g/mol. The Morgan fingerprint density at radius 3 is 2.10 bits per heavy atom. The average Bonchev–Trinajstić information content (AvgIpc) is 2.89. The van der Waals surface area contributed by atoms with Crippen LogP contribution in [0.3, 0.4) is 0 Å². The van der Waals surface area contributed by atoms with Gasteiger partial charge in [-0.2, -0.15) is 0 Å². The molecule has 39 heavy (non-hydrogen) atoms. The lowest BCUT2D eigenvalue weighted by atomic mass is 10.1. The maximum atomic E-state index is 12.9. The van der Waals surface area contributed by atoms with Crippen molar-refractivity contribution >= 4 is 60.6 Å². The van der Waals surface area contributed by atoms with Gasteiger partial charge in [0, 0.05) is 31.7 Å². The number of aliphatic imine (C=N–C) groups is 1. The highest BCUT2D eigenvalue weighted by molar-refractivity contribution is 5.95. The molecule has 14 heteroatoms. The second-order valence-electron chi connectivity index (χ2n) is 8.09. The van der Waals surface area contributed by atoms with E-state index in [0.717, 1.165) is 6.29 Å². The van der Waals surface area contributed by atoms with Gasteiger partial charge in [0.2, 0.25) is 0 Å². The fourth-order valence-electron chi connectivity index (χ4n) is 3.70. The molecule has 0 saturated carbocycles. The third kappa shape index (κ3) is 9.84. The summed E-state index contributed by atoms with van der Waals surface area (Å²) in [7, 11) is 0. The van der Waals surface area contributed by atoms with E-state index in [2.05, 4.69) is 10.3 Å². The van der Waals surface area contributed by atoms with Gasteiger partial charge in [-0.15, -0.1) is 24.8 Å². The SMILES string of the molecule is CCOC(=O)CNC(C=O)N1CCN(C(=O)c2ccc(OC(=O)c3ccc(N=C(N)N)cc3)cc2)CC1.Cl.Cl. The van der Waals surface area contributed by atoms with E-state index in [1.807, 2.05) is 4.90 Å². The Balaban J connectivity index is 0.00000380. The number of hydrogen-bond donors (Lipinski definition) is 3. The Bertz CT molecular complexity index is 1130. The number of piperazine rings is 1. The molecule has 0 aliphatic carbocycles. The molecule has 1 aliphatic rings. The van der Waals surface area contributed by atoms with E-state index in [-0.39, 0.29) is 49.8 Å². The number of carbonyl (C=O) groups excluding carboxylic acids is 4. The largest absolute Gasteiger partial charge is 0.465 e. The van der Waals surface area contributed by atoms with Gasteiger partial charge in [0.25, 0.3) is 5.91 Å². The number of esters is 2. The zero-order chi connectivity index (χ0) is 26.8. The van der Waals surface area contributed by atoms with E-state index in [4.69, 9.17) is 20.9 Å². The second kappa shape index (κ2) is 16.3. The number of rotatable bonds is 10. The molecule has 0 radical (unpaired) electrons. The molecular weight excluding hydrogens is 551 g/mol. The standard InChI is InChI=1S/C25H30N6O6.2ClH/c1-2-36-22(33)15-28-21(16-32)30-11-13-31(14-12-30)23(34)17-5-9-20(10-6-17)37-24(35)18-3-7-19(8-4-18)29-25(26)27;;/h3-10,16,21,28H,2,11-15H2,1H3,(H4,26,27,29);2*1H. The van der Waals surface area contributed by atoms with Crippen molar-refractivity contribution in [2.45, 2.75) is 13.1 Å². The van der Waals surface area contributed by atoms with Gasteiger partial charge in [-0.3, -0.25) is 19.8 Å². The summed E-state index contributed by atoms with van der Waals surface area (Å²) in [6, 6.07) is 12.6. The topological polar surface area (TPSA) is 170 Å². The quantitative estimate of drug-likeness (QED) is 0.121. The lowest BCUT2D eigenvalue weighted by Gasteiger charge is -2.37. The number of nitrogens with two attached hydrogens (primary N) is 2. The Labute approximate surface area is 238 Å². The van der Waals surface area contributed by atoms with Crippen LogP contribution >= 0.6 is 24.8 Å². The lowest BCUT2D eigenvalue weighted by molar-refractivity contribution is -0.142. The van der Waals surface area contributed by atoms with Crippen LogP contribution in [0.4, 0.5) is 5.69 Å². The number of benzene rings is 2. The molecule has 0 spiro atoms. The number of guanidine groups is 1. The molecule has 0 aromatic heterocycles. The van der Waals surface area contributed by atoms with Crippen LogP contribution in [0.2, 0.25) is 0 Å². The van der Waals surface area contributed by atoms with Crippen LogP contribution in [0.1, 0.15) is 27.6 Å². The molecule has 3 rings (SSSR count). The molecule has 1 saturated heterocycles. The number of halogens is 2. The summed E-state index contributed by atoms with van der Waals surface area (Å²) >= 11 is 0. The van der Waals surface area contributed by atoms with Crippen LogP contribution in [-0.4, -0.2) is 85.4 Å². The van der Waals surface area contributed by atoms with Gasteiger partial charge in [-0.25, -0.2) is 9.79 Å². The van der Waals surface area contributed by atoms with E-state index in [1.54, 1.807) is 60.4 Å². The summed E-state index contributed by atoms with van der Waals surface area (Å²) in [4.78, 5) is 55.8. The summed E-state index contributed by atoms with van der Waals surface area (Å²) in [6.45, 7) is 3.66. The van der Waals surface area contributed by atoms with Crippen molar-refractivity contribution in [1.29, 1.82) is 0 Å². The van der Waals surface area contributed by atoms with Gasteiger partial charge < -0.3 is 30.6 Å². The molecule has 0 bridgehead atoms. The molecule has 1 atom stereocenters. The number of nitrogens with one attached hydrogen (secondary N) is 1. The first-order valence-corrected chi connectivity index (χ1v) is 11.7. The molecule has 212 valence electrons. The van der Waals surface area contributed by atoms with Gasteiger partial charge in [0.05, 0.1) is 24.4 Å². The van der Waals surface area contributed by atoms with Crippen molar-refractivity contribution in [1.82, 2.24) is 15.1 Å². The molecule has 5 N–H and O–H groups in total. The zero-order valence-electron chi connectivity index (χ0n) is 21.3. The normalized spacial score (nSPS) is 13.6. The van der Waals surface area contributed by atoms with Gasteiger partial charge in [-0.05, 0) is 55.5 Å². The van der Waals surface area contributed by atoms with Crippen molar-refractivity contribution in [3.05, 3.63) is 59.7 Å². The van der Waals surface area contributed by atoms with Crippen molar-refractivity contribution < 1.29 is 28.7 Å². The average molecular weight is 583 g/mol. The Morgan fingerprint density at radius 2 is 1.56 bits per heavy atom. The van der Waals surface area contributed by atoms with E-state index in [9.17, 15) is 19.2 Å². The molecule has 2 aromatic carbocycles. The van der Waals surface area contributed by atoms with Crippen molar-refractivity contribution in [2.24, 2.45) is 16.5 Å². The number of nitrogens with zero attached hydrogens (tertiary/aromatic N) is 3. The smallest absolute Gasteiger partial charge is 0.343 e. The first kappa shape index (κ1) is 33.3. The predicted molar refractivity (Wildman–Crippen MR) is 150 cm³/mol. The lowest BCUT2D eigenvalue weighted by Crippen LogP contribution is -2.57. The minimum Gasteiger partial charge on any atom is -0.465 e. The number of carbonyl (C=O) groups is 4. The summed E-state index contributed by atoms with van der Waals surface area (Å²) in [6.07, 6.45) is 0.0908. The number of ether oxygens (including phenoxy) is 2. The molecule has 1 fully saturated rings. The van der Waals surface area contributed by atoms with E-state index >= 15 is 0 Å². The van der Waals surface area contributed by atoms with Gasteiger partial charge in [0.15, 0.2) is 12.2 Å². The van der Waals surface area contributed by atoms with Crippen LogP contribution < -0.4 is 21.5 Å². The number of hydrogen-bond acceptors (Lipinski definition) is 9. The Kier molecular flexibility index (Phi) is 13.9. The summed E-state index contributed by atoms with van der Waals surface area (Å²) in [5.41, 5.74) is 11.9. The highest BCUT2D eigenvalue weighted by Gasteiger charge is 2.27. The maximum absolute atomic E-state index is 12.9. The maximum Gasteiger partial charge on any atom is 0.343 e. The summed E-state index contributed by atoms with van der Waals surface area (Å²) < 4.78 is 10.2. The summed E-state index contributed by atoms with van der Waals surface area (Å²) in [5, 5.41) is 2.87. The van der Waals surface area contributed by atoms with E-state index < -0.39 is 18.1 Å². The van der Waals surface area contributed by atoms with Crippen LogP contribution in [0.25, 0.3) is 0 Å². The van der Waals surface area contributed by atoms with Gasteiger partial charge in [0.1, 0.15) is 11.9 Å². The molecular formula is C25H32Cl2N6O6. The van der Waals surface area contributed by atoms with E-state index in [1.165, 1.54) is 0 Å². The highest BCUT2D eigenvalue weighted by Crippen LogP contribution is 2.18. The van der Waals surface area contributed by atoms with Crippen molar-refractivity contribution in [2.75, 3.05) is 39.3 Å². The highest BCUT2D eigenvalue weighted by atomic mass is 35.5. The molecule has 1 aliphatic heterocycles. The van der Waals surface area contributed by atoms with Crippen LogP contribution in [0.15, 0.2) is 53.5 Å². The number of aldehydes is 1. The molecule has 1 amide bonds. The fraction of sp³-hybridized carbons (Fsp3) is 0.320. The minimum absolute atomic E-state index is 0. The Hall–Kier alpha value is -3.71. The number of amides is 1. The third-order valence-electron chi connectivity index (χ3n) is 5.56. The Morgan fingerprint density at radius 1 is 0.974 bits per heavy atom. The molecule has 1 unspecified atom stereocenters. The first-order chi connectivity index (χ1) is 17.8. The van der Waals surface area contributed by atoms with Crippen molar-refractivity contribution in [3.63, 3.8) is 0 Å². The van der Waals surface area contributed by atoms with Gasteiger partial charge in [-0.1, -0.05) is 0 Å². The molecule has 12 nitrogen and oxygen atoms in total. The fourth-order valence-corrected chi connectivity index (χ4v) is 3.70. The zero-order valence-corrected chi connectivity index (χ0v) is 22.9. The minimum atomic E-state index is -0.640. The van der Waals surface area contributed by atoms with Crippen LogP contribution in [0, 0.1) is 0 Å². The third-order valence-corrected chi connectivity index (χ3v) is 5.56. The first-order valence-electron chi connectivity index (χ1n) is 11.7. The van der Waals surface area contributed by atoms with Crippen LogP contribution in [-0.2, 0) is 14.3 Å². The predicted octanol–water partition coefficient (Wildman–Crippen LogP) is 1.09. The second-order valence-corrected chi connectivity index (χ2v) is 8.09. The summed E-state index contributed by atoms with van der Waals surface area (Å²) in [5.74, 6) is -0.956. The molecule has 2 aromatic rings. The van der Waals surface area contributed by atoms with E-state index in [0.29, 0.717) is 48.7 Å². The van der Waals surface area contributed by atoms with Crippen molar-refractivity contribution in [3.8, 4) is 5.75 Å². The molecule has 1 heterocycles.